The minimum Gasteiger partial charge on any atom is -0.497 e. The molecule has 0 radical (unpaired) electrons. The maximum Gasteiger partial charge on any atom is 0.191 e. The van der Waals surface area contributed by atoms with Gasteiger partial charge in [0.2, 0.25) is 0 Å². The van der Waals surface area contributed by atoms with Crippen LogP contribution in [0, 0.1) is 11.7 Å². The van der Waals surface area contributed by atoms with E-state index in [1.807, 2.05) is 34.9 Å². The van der Waals surface area contributed by atoms with E-state index in [0.29, 0.717) is 34.8 Å². The van der Waals surface area contributed by atoms with Crippen molar-refractivity contribution in [2.24, 2.45) is 5.92 Å². The second-order valence-electron chi connectivity index (χ2n) is 7.49. The zero-order valence-corrected chi connectivity index (χ0v) is 18.4. The summed E-state index contributed by atoms with van der Waals surface area (Å²) >= 11 is 1.49. The van der Waals surface area contributed by atoms with Gasteiger partial charge in [0.05, 0.1) is 18.4 Å². The molecular weight excluding hydrogens is 415 g/mol. The fourth-order valence-corrected chi connectivity index (χ4v) is 4.00. The van der Waals surface area contributed by atoms with Crippen LogP contribution < -0.4 is 4.74 Å². The van der Waals surface area contributed by atoms with Crippen molar-refractivity contribution in [3.63, 3.8) is 0 Å². The molecule has 0 saturated heterocycles. The first-order valence-electron chi connectivity index (χ1n) is 9.96. The van der Waals surface area contributed by atoms with Crippen LogP contribution in [0.15, 0.2) is 64.3 Å². The van der Waals surface area contributed by atoms with Crippen molar-refractivity contribution < 1.29 is 13.7 Å². The van der Waals surface area contributed by atoms with E-state index in [9.17, 15) is 4.39 Å². The summed E-state index contributed by atoms with van der Waals surface area (Å²) in [5, 5.41) is 13.5. The first kappa shape index (κ1) is 21.1. The SMILES string of the molecule is COc1ccc(-c2cc(CSc3nnc(-c4ccccc4F)n3CC(C)C)on2)cc1. The van der Waals surface area contributed by atoms with Crippen LogP contribution >= 0.6 is 11.8 Å². The number of halogens is 1. The normalized spacial score (nSPS) is 11.3. The fourth-order valence-electron chi connectivity index (χ4n) is 3.18. The maximum atomic E-state index is 14.3. The number of benzene rings is 2. The van der Waals surface area contributed by atoms with E-state index in [-0.39, 0.29) is 5.82 Å². The molecule has 0 fully saturated rings. The van der Waals surface area contributed by atoms with Crippen molar-refractivity contribution in [1.29, 1.82) is 0 Å². The molecule has 0 bridgehead atoms. The van der Waals surface area contributed by atoms with E-state index in [0.717, 1.165) is 22.8 Å². The van der Waals surface area contributed by atoms with Crippen LogP contribution in [-0.2, 0) is 12.3 Å². The molecule has 0 atom stereocenters. The highest BCUT2D eigenvalue weighted by Gasteiger charge is 2.18. The molecule has 0 amide bonds. The zero-order valence-electron chi connectivity index (χ0n) is 17.6. The highest BCUT2D eigenvalue weighted by molar-refractivity contribution is 7.98. The summed E-state index contributed by atoms with van der Waals surface area (Å²) in [5.74, 6) is 2.63. The number of nitrogens with zero attached hydrogens (tertiary/aromatic N) is 4. The molecule has 0 aliphatic carbocycles. The van der Waals surface area contributed by atoms with Gasteiger partial charge in [-0.3, -0.25) is 0 Å². The molecule has 8 heteroatoms. The lowest BCUT2D eigenvalue weighted by Crippen LogP contribution is -2.08. The summed E-state index contributed by atoms with van der Waals surface area (Å²) < 4.78 is 27.0. The lowest BCUT2D eigenvalue weighted by Gasteiger charge is -2.12. The highest BCUT2D eigenvalue weighted by atomic mass is 32.2. The number of hydrogen-bond donors (Lipinski definition) is 0. The van der Waals surface area contributed by atoms with Gasteiger partial charge in [-0.1, -0.05) is 42.9 Å². The minimum absolute atomic E-state index is 0.309. The van der Waals surface area contributed by atoms with Crippen molar-refractivity contribution in [2.45, 2.75) is 31.3 Å². The zero-order chi connectivity index (χ0) is 21.8. The van der Waals surface area contributed by atoms with Crippen molar-refractivity contribution in [3.05, 3.63) is 66.2 Å². The molecule has 0 unspecified atom stereocenters. The molecule has 4 aromatic rings. The standard InChI is InChI=1S/C23H23FN4O2S/c1-15(2)13-28-22(19-6-4-5-7-20(19)24)25-26-23(28)31-14-18-12-21(27-30-18)16-8-10-17(29-3)11-9-16/h4-12,15H,13-14H2,1-3H3. The highest BCUT2D eigenvalue weighted by Crippen LogP contribution is 2.30. The molecule has 0 saturated carbocycles. The first-order chi connectivity index (χ1) is 15.0. The average molecular weight is 439 g/mol. The van der Waals surface area contributed by atoms with Gasteiger partial charge in [-0.05, 0) is 42.3 Å². The topological polar surface area (TPSA) is 66.0 Å². The summed E-state index contributed by atoms with van der Waals surface area (Å²) in [6.07, 6.45) is 0. The summed E-state index contributed by atoms with van der Waals surface area (Å²) in [4.78, 5) is 0. The molecule has 2 aromatic heterocycles. The quantitative estimate of drug-likeness (QED) is 0.329. The van der Waals surface area contributed by atoms with E-state index >= 15 is 0 Å². The van der Waals surface area contributed by atoms with Crippen molar-refractivity contribution in [2.75, 3.05) is 7.11 Å². The Morgan fingerprint density at radius 1 is 1.10 bits per heavy atom. The molecule has 31 heavy (non-hydrogen) atoms. The first-order valence-corrected chi connectivity index (χ1v) is 10.9. The molecule has 6 nitrogen and oxygen atoms in total. The number of rotatable bonds is 8. The van der Waals surface area contributed by atoms with Crippen LogP contribution in [0.4, 0.5) is 4.39 Å². The van der Waals surface area contributed by atoms with Gasteiger partial charge in [0, 0.05) is 18.2 Å². The molecule has 0 aliphatic heterocycles. The Morgan fingerprint density at radius 2 is 1.87 bits per heavy atom. The van der Waals surface area contributed by atoms with Crippen LogP contribution in [0.5, 0.6) is 5.75 Å². The number of ether oxygens (including phenoxy) is 1. The van der Waals surface area contributed by atoms with Crippen molar-refractivity contribution >= 4 is 11.8 Å². The Hall–Kier alpha value is -3.13. The van der Waals surface area contributed by atoms with E-state index in [1.165, 1.54) is 17.8 Å². The van der Waals surface area contributed by atoms with Crippen LogP contribution in [0.1, 0.15) is 19.6 Å². The van der Waals surface area contributed by atoms with Gasteiger partial charge < -0.3 is 13.8 Å². The third-order valence-corrected chi connectivity index (χ3v) is 5.66. The van der Waals surface area contributed by atoms with Crippen LogP contribution in [0.3, 0.4) is 0 Å². The van der Waals surface area contributed by atoms with Gasteiger partial charge in [-0.2, -0.15) is 0 Å². The molecule has 4 rings (SSSR count). The lowest BCUT2D eigenvalue weighted by atomic mass is 10.1. The van der Waals surface area contributed by atoms with Gasteiger partial charge in [0.1, 0.15) is 23.0 Å². The van der Waals surface area contributed by atoms with E-state index in [1.54, 1.807) is 25.3 Å². The maximum absolute atomic E-state index is 14.3. The average Bonchev–Trinajstić information content (AvgIpc) is 3.40. The number of thioether (sulfide) groups is 1. The van der Waals surface area contributed by atoms with Gasteiger partial charge in [0.15, 0.2) is 11.0 Å². The van der Waals surface area contributed by atoms with Crippen LogP contribution in [0.2, 0.25) is 0 Å². The Balaban J connectivity index is 1.53. The van der Waals surface area contributed by atoms with Gasteiger partial charge in [0.25, 0.3) is 0 Å². The Morgan fingerprint density at radius 3 is 2.58 bits per heavy atom. The third kappa shape index (κ3) is 4.80. The summed E-state index contributed by atoms with van der Waals surface area (Å²) in [7, 11) is 1.63. The monoisotopic (exact) mass is 438 g/mol. The van der Waals surface area contributed by atoms with E-state index < -0.39 is 0 Å². The molecule has 160 valence electrons. The van der Waals surface area contributed by atoms with E-state index in [2.05, 4.69) is 29.2 Å². The summed E-state index contributed by atoms with van der Waals surface area (Å²) in [6.45, 7) is 4.90. The van der Waals surface area contributed by atoms with Crippen LogP contribution in [0.25, 0.3) is 22.6 Å². The van der Waals surface area contributed by atoms with Crippen molar-refractivity contribution in [3.8, 4) is 28.4 Å². The second kappa shape index (κ2) is 9.34. The second-order valence-corrected chi connectivity index (χ2v) is 8.43. The third-order valence-electron chi connectivity index (χ3n) is 4.67. The Labute approximate surface area is 184 Å². The van der Waals surface area contributed by atoms with Gasteiger partial charge in [-0.25, -0.2) is 4.39 Å². The smallest absolute Gasteiger partial charge is 0.191 e. The Kier molecular flexibility index (Phi) is 6.36. The van der Waals surface area contributed by atoms with Crippen molar-refractivity contribution in [1.82, 2.24) is 19.9 Å². The molecule has 0 aliphatic rings. The molecule has 0 N–H and O–H groups in total. The molecule has 0 spiro atoms. The number of hydrogen-bond acceptors (Lipinski definition) is 6. The fraction of sp³-hybridized carbons (Fsp3) is 0.261. The van der Waals surface area contributed by atoms with Gasteiger partial charge >= 0.3 is 0 Å². The molecule has 2 heterocycles. The van der Waals surface area contributed by atoms with Crippen LogP contribution in [-0.4, -0.2) is 27.0 Å². The van der Waals surface area contributed by atoms with Gasteiger partial charge in [-0.15, -0.1) is 10.2 Å². The largest absolute Gasteiger partial charge is 0.497 e. The minimum atomic E-state index is -0.309. The number of aromatic nitrogens is 4. The lowest BCUT2D eigenvalue weighted by molar-refractivity contribution is 0.397. The number of methoxy groups -OCH3 is 1. The molecule has 2 aromatic carbocycles. The predicted molar refractivity (Wildman–Crippen MR) is 118 cm³/mol. The molecular formula is C23H23FN4O2S. The predicted octanol–water partition coefficient (Wildman–Crippen LogP) is 5.70. The summed E-state index contributed by atoms with van der Waals surface area (Å²) in [6, 6.07) is 16.2. The summed E-state index contributed by atoms with van der Waals surface area (Å²) in [5.41, 5.74) is 2.16. The Bertz CT molecular complexity index is 1150. The van der Waals surface area contributed by atoms with E-state index in [4.69, 9.17) is 9.26 Å².